The maximum absolute atomic E-state index is 13.2. The highest BCUT2D eigenvalue weighted by Crippen LogP contribution is 2.40. The van der Waals surface area contributed by atoms with Crippen LogP contribution in [-0.2, 0) is 21.1 Å². The van der Waals surface area contributed by atoms with Crippen molar-refractivity contribution in [3.63, 3.8) is 0 Å². The van der Waals surface area contributed by atoms with E-state index in [0.29, 0.717) is 5.56 Å². The number of carbonyl (C=O) groups is 1. The zero-order valence-corrected chi connectivity index (χ0v) is 15.3. The number of carbonyl (C=O) groups excluding carboxylic acids is 1. The van der Waals surface area contributed by atoms with Gasteiger partial charge in [-0.15, -0.1) is 0 Å². The van der Waals surface area contributed by atoms with Gasteiger partial charge in [-0.2, -0.15) is 34.8 Å². The predicted octanol–water partition coefficient (Wildman–Crippen LogP) is 4.65. The van der Waals surface area contributed by atoms with Crippen LogP contribution in [0.5, 0.6) is 5.75 Å². The predicted molar refractivity (Wildman–Crippen MR) is 90.7 cm³/mol. The van der Waals surface area contributed by atoms with E-state index in [0.717, 1.165) is 24.3 Å². The van der Waals surface area contributed by atoms with E-state index in [2.05, 4.69) is 4.18 Å². The zero-order chi connectivity index (χ0) is 22.0. The quantitative estimate of drug-likeness (QED) is 0.307. The molecule has 0 heterocycles. The zero-order valence-electron chi connectivity index (χ0n) is 14.5. The number of alkyl halides is 6. The van der Waals surface area contributed by atoms with Crippen molar-refractivity contribution in [3.8, 4) is 5.75 Å². The van der Waals surface area contributed by atoms with E-state index >= 15 is 0 Å². The molecule has 1 N–H and O–H groups in total. The highest BCUT2D eigenvalue weighted by Gasteiger charge is 2.48. The number of benzene rings is 2. The summed E-state index contributed by atoms with van der Waals surface area (Å²) >= 11 is 0. The summed E-state index contributed by atoms with van der Waals surface area (Å²) in [5.41, 5.74) is -6.68. The van der Waals surface area contributed by atoms with Gasteiger partial charge in [-0.25, -0.2) is 0 Å². The van der Waals surface area contributed by atoms with Gasteiger partial charge in [0, 0.05) is 5.92 Å². The fraction of sp³-hybridized carbons (Fsp3) is 0.235. The second-order valence-corrected chi connectivity index (χ2v) is 7.34. The van der Waals surface area contributed by atoms with E-state index < -0.39 is 44.7 Å². The fourth-order valence-electron chi connectivity index (χ4n) is 2.55. The SMILES string of the molecule is CC(c1ccc(OS(=O)(=O)C(F)(F)F)cc1)c1cccc(C(F)(F)F)c1NC=O. The molecule has 0 aliphatic carbocycles. The molecule has 0 fully saturated rings. The Balaban J connectivity index is 2.39. The smallest absolute Gasteiger partial charge is 0.376 e. The molecule has 2 aromatic carbocycles. The maximum Gasteiger partial charge on any atom is 0.534 e. The van der Waals surface area contributed by atoms with Crippen LogP contribution in [0, 0.1) is 0 Å². The van der Waals surface area contributed by atoms with Gasteiger partial charge >= 0.3 is 21.8 Å². The van der Waals surface area contributed by atoms with E-state index in [9.17, 15) is 39.6 Å². The normalized spacial score (nSPS) is 13.6. The number of para-hydroxylation sites is 1. The lowest BCUT2D eigenvalue weighted by molar-refractivity contribution is -0.137. The van der Waals surface area contributed by atoms with Crippen LogP contribution in [-0.4, -0.2) is 20.3 Å². The third-order valence-electron chi connectivity index (χ3n) is 3.94. The van der Waals surface area contributed by atoms with Gasteiger partial charge in [-0.1, -0.05) is 31.2 Å². The van der Waals surface area contributed by atoms with Gasteiger partial charge in [0.15, 0.2) is 0 Å². The maximum atomic E-state index is 13.2. The topological polar surface area (TPSA) is 72.5 Å². The summed E-state index contributed by atoms with van der Waals surface area (Å²) in [6.45, 7) is 1.51. The number of anilines is 1. The van der Waals surface area contributed by atoms with Gasteiger partial charge in [0.1, 0.15) is 5.75 Å². The number of hydrogen-bond donors (Lipinski definition) is 1. The van der Waals surface area contributed by atoms with Gasteiger partial charge in [-0.3, -0.25) is 4.79 Å². The highest BCUT2D eigenvalue weighted by molar-refractivity contribution is 7.88. The number of nitrogens with one attached hydrogen (secondary N) is 1. The molecule has 1 unspecified atom stereocenters. The van der Waals surface area contributed by atoms with Crippen LogP contribution in [0.1, 0.15) is 29.5 Å². The van der Waals surface area contributed by atoms with Crippen molar-refractivity contribution in [1.82, 2.24) is 0 Å². The Kier molecular flexibility index (Phi) is 6.16. The minimum absolute atomic E-state index is 0.0970. The van der Waals surface area contributed by atoms with Crippen molar-refractivity contribution in [2.24, 2.45) is 0 Å². The summed E-state index contributed by atoms with van der Waals surface area (Å²) in [4.78, 5) is 10.8. The minimum atomic E-state index is -5.85. The molecule has 0 saturated heterocycles. The van der Waals surface area contributed by atoms with Gasteiger partial charge in [0.05, 0.1) is 11.3 Å². The van der Waals surface area contributed by atoms with Crippen LogP contribution >= 0.6 is 0 Å². The second kappa shape index (κ2) is 7.93. The Hall–Kier alpha value is -2.76. The van der Waals surface area contributed by atoms with Gasteiger partial charge in [0.25, 0.3) is 0 Å². The van der Waals surface area contributed by atoms with Crippen molar-refractivity contribution in [2.75, 3.05) is 5.32 Å². The first kappa shape index (κ1) is 22.5. The summed E-state index contributed by atoms with van der Waals surface area (Å²) in [5, 5.41) is 2.03. The molecule has 158 valence electrons. The monoisotopic (exact) mass is 441 g/mol. The van der Waals surface area contributed by atoms with Crippen LogP contribution in [0.2, 0.25) is 0 Å². The van der Waals surface area contributed by atoms with Crippen LogP contribution in [0.15, 0.2) is 42.5 Å². The van der Waals surface area contributed by atoms with E-state index in [1.807, 2.05) is 5.32 Å². The molecule has 1 amide bonds. The molecule has 0 aliphatic rings. The number of halogens is 6. The fourth-order valence-corrected chi connectivity index (χ4v) is 3.01. The minimum Gasteiger partial charge on any atom is -0.376 e. The first-order chi connectivity index (χ1) is 13.3. The molecule has 0 aliphatic heterocycles. The van der Waals surface area contributed by atoms with Crippen LogP contribution in [0.25, 0.3) is 0 Å². The first-order valence-corrected chi connectivity index (χ1v) is 9.19. The van der Waals surface area contributed by atoms with Crippen molar-refractivity contribution in [3.05, 3.63) is 59.2 Å². The lowest BCUT2D eigenvalue weighted by atomic mass is 9.90. The lowest BCUT2D eigenvalue weighted by Gasteiger charge is -2.20. The standard InChI is InChI=1S/C17H13F6NO4S/c1-10(13-3-2-4-14(16(18,19)20)15(13)24-9-25)11-5-7-12(8-6-11)28-29(26,27)17(21,22)23/h2-10H,1H3,(H,24,25). The summed E-state index contributed by atoms with van der Waals surface area (Å²) in [6, 6.07) is 7.59. The van der Waals surface area contributed by atoms with Crippen molar-refractivity contribution in [2.45, 2.75) is 24.5 Å². The van der Waals surface area contributed by atoms with E-state index in [-0.39, 0.29) is 12.0 Å². The Bertz CT molecular complexity index is 984. The molecule has 2 aromatic rings. The Labute approximate surface area is 161 Å². The molecule has 0 saturated carbocycles. The van der Waals surface area contributed by atoms with Crippen LogP contribution < -0.4 is 9.50 Å². The molecule has 2 rings (SSSR count). The van der Waals surface area contributed by atoms with E-state index in [4.69, 9.17) is 0 Å². The third kappa shape index (κ3) is 5.00. The molecule has 1 atom stereocenters. The molecule has 5 nitrogen and oxygen atoms in total. The summed E-state index contributed by atoms with van der Waals surface area (Å²) in [6.07, 6.45) is -4.63. The lowest BCUT2D eigenvalue weighted by Crippen LogP contribution is -2.28. The summed E-state index contributed by atoms with van der Waals surface area (Å²) < 4.78 is 103. The highest BCUT2D eigenvalue weighted by atomic mass is 32.2. The van der Waals surface area contributed by atoms with Gasteiger partial charge in [-0.05, 0) is 29.3 Å². The van der Waals surface area contributed by atoms with Crippen molar-refractivity contribution >= 4 is 22.2 Å². The number of amides is 1. The van der Waals surface area contributed by atoms with Gasteiger partial charge < -0.3 is 9.50 Å². The molecular formula is C17H13F6NO4S. The van der Waals surface area contributed by atoms with E-state index in [1.54, 1.807) is 0 Å². The number of hydrogen-bond acceptors (Lipinski definition) is 4. The van der Waals surface area contributed by atoms with Crippen molar-refractivity contribution in [1.29, 1.82) is 0 Å². The van der Waals surface area contributed by atoms with Gasteiger partial charge in [0.2, 0.25) is 6.41 Å². The van der Waals surface area contributed by atoms with E-state index in [1.165, 1.54) is 25.1 Å². The first-order valence-electron chi connectivity index (χ1n) is 7.79. The Morgan fingerprint density at radius 1 is 1.00 bits per heavy atom. The van der Waals surface area contributed by atoms with Crippen LogP contribution in [0.4, 0.5) is 32.0 Å². The molecule has 0 bridgehead atoms. The molecular weight excluding hydrogens is 428 g/mol. The molecule has 0 radical (unpaired) electrons. The third-order valence-corrected chi connectivity index (χ3v) is 4.92. The summed E-state index contributed by atoms with van der Waals surface area (Å²) in [5.74, 6) is -1.35. The summed E-state index contributed by atoms with van der Waals surface area (Å²) in [7, 11) is -5.85. The number of rotatable bonds is 6. The van der Waals surface area contributed by atoms with Crippen molar-refractivity contribution < 1.29 is 43.7 Å². The second-order valence-electron chi connectivity index (χ2n) is 5.80. The molecule has 29 heavy (non-hydrogen) atoms. The Morgan fingerprint density at radius 3 is 2.07 bits per heavy atom. The Morgan fingerprint density at radius 2 is 1.59 bits per heavy atom. The average Bonchev–Trinajstić information content (AvgIpc) is 2.60. The largest absolute Gasteiger partial charge is 0.534 e. The molecule has 12 heteroatoms. The molecule has 0 spiro atoms. The van der Waals surface area contributed by atoms with Crippen LogP contribution in [0.3, 0.4) is 0 Å². The average molecular weight is 441 g/mol. The molecule has 0 aromatic heterocycles.